The number of hydrogen-bond acceptors (Lipinski definition) is 3. The molecule has 2 amide bonds. The van der Waals surface area contributed by atoms with Gasteiger partial charge in [-0.15, -0.1) is 12.4 Å². The summed E-state index contributed by atoms with van der Waals surface area (Å²) in [6, 6.07) is -0.224. The van der Waals surface area contributed by atoms with E-state index < -0.39 is 11.6 Å². The Kier molecular flexibility index (Phi) is 5.42. The summed E-state index contributed by atoms with van der Waals surface area (Å²) in [5.41, 5.74) is 4.72. The van der Waals surface area contributed by atoms with Gasteiger partial charge < -0.3 is 16.0 Å². The average molecular weight is 264 g/mol. The fraction of sp³-hybridized carbons (Fsp3) is 0.818. The summed E-state index contributed by atoms with van der Waals surface area (Å²) < 4.78 is 0. The highest BCUT2D eigenvalue weighted by atomic mass is 35.5. The molecule has 100 valence electrons. The molecule has 0 spiro atoms. The molecule has 0 aliphatic carbocycles. The van der Waals surface area contributed by atoms with E-state index in [1.54, 1.807) is 18.7 Å². The quantitative estimate of drug-likeness (QED) is 0.768. The summed E-state index contributed by atoms with van der Waals surface area (Å²) in [4.78, 5) is 25.3. The number of nitrogens with two attached hydrogens (primary N) is 1. The van der Waals surface area contributed by atoms with Crippen molar-refractivity contribution in [2.45, 2.75) is 51.7 Å². The fourth-order valence-corrected chi connectivity index (χ4v) is 1.69. The molecule has 17 heavy (non-hydrogen) atoms. The maximum atomic E-state index is 11.9. The molecule has 5 nitrogen and oxygen atoms in total. The molecule has 1 atom stereocenters. The largest absolute Gasteiger partial charge is 0.343 e. The first kappa shape index (κ1) is 16.2. The molecule has 0 aromatic rings. The second kappa shape index (κ2) is 5.69. The van der Waals surface area contributed by atoms with Gasteiger partial charge in [-0.2, -0.15) is 0 Å². The molecule has 6 heteroatoms. The molecule has 1 aliphatic heterocycles. The number of likely N-dealkylation sites (tertiary alicyclic amines) is 1. The number of nitrogens with one attached hydrogen (secondary N) is 1. The lowest BCUT2D eigenvalue weighted by Gasteiger charge is -2.23. The number of hydrogen-bond donors (Lipinski definition) is 2. The van der Waals surface area contributed by atoms with E-state index in [2.05, 4.69) is 5.32 Å². The molecule has 1 saturated heterocycles. The molecule has 0 radical (unpaired) electrons. The van der Waals surface area contributed by atoms with Crippen LogP contribution >= 0.6 is 12.4 Å². The van der Waals surface area contributed by atoms with E-state index in [0.29, 0.717) is 13.0 Å². The van der Waals surface area contributed by atoms with Gasteiger partial charge in [-0.25, -0.2) is 0 Å². The Morgan fingerprint density at radius 3 is 2.41 bits per heavy atom. The van der Waals surface area contributed by atoms with Crippen molar-refractivity contribution >= 4 is 24.2 Å². The van der Waals surface area contributed by atoms with Crippen LogP contribution in [-0.4, -0.2) is 40.9 Å². The van der Waals surface area contributed by atoms with Crippen LogP contribution in [-0.2, 0) is 9.59 Å². The number of nitrogens with zero attached hydrogens (tertiary/aromatic N) is 1. The third-order valence-electron chi connectivity index (χ3n) is 2.75. The van der Waals surface area contributed by atoms with Crippen LogP contribution in [0.1, 0.15) is 34.1 Å². The molecule has 0 saturated carbocycles. The molecule has 1 rings (SSSR count). The van der Waals surface area contributed by atoms with E-state index in [1.165, 1.54) is 0 Å². The topological polar surface area (TPSA) is 75.4 Å². The number of amides is 2. The number of carbonyl (C=O) groups is 2. The van der Waals surface area contributed by atoms with Gasteiger partial charge in [0.2, 0.25) is 11.8 Å². The average Bonchev–Trinajstić information content (AvgIpc) is 2.46. The van der Waals surface area contributed by atoms with Crippen LogP contribution in [0.25, 0.3) is 0 Å². The third kappa shape index (κ3) is 3.85. The van der Waals surface area contributed by atoms with E-state index in [4.69, 9.17) is 5.73 Å². The molecule has 1 aliphatic rings. The molecular weight excluding hydrogens is 242 g/mol. The summed E-state index contributed by atoms with van der Waals surface area (Å²) in [7, 11) is 0. The zero-order valence-corrected chi connectivity index (χ0v) is 11.6. The Morgan fingerprint density at radius 2 is 2.06 bits per heavy atom. The zero-order valence-electron chi connectivity index (χ0n) is 10.8. The van der Waals surface area contributed by atoms with Crippen molar-refractivity contribution in [3.8, 4) is 0 Å². The fourth-order valence-electron chi connectivity index (χ4n) is 1.69. The molecule has 1 unspecified atom stereocenters. The monoisotopic (exact) mass is 263 g/mol. The predicted molar refractivity (Wildman–Crippen MR) is 68.9 cm³/mol. The number of carbonyl (C=O) groups excluding carboxylic acids is 2. The van der Waals surface area contributed by atoms with Gasteiger partial charge in [0.15, 0.2) is 0 Å². The van der Waals surface area contributed by atoms with Gasteiger partial charge in [0.25, 0.3) is 0 Å². The summed E-state index contributed by atoms with van der Waals surface area (Å²) in [6.45, 7) is 7.89. The molecule has 3 N–H and O–H groups in total. The number of rotatable bonds is 3. The van der Waals surface area contributed by atoms with Crippen LogP contribution in [0.15, 0.2) is 0 Å². The predicted octanol–water partition coefficient (Wildman–Crippen LogP) is 0.271. The minimum absolute atomic E-state index is 0. The van der Waals surface area contributed by atoms with Crippen molar-refractivity contribution in [3.05, 3.63) is 0 Å². The van der Waals surface area contributed by atoms with E-state index in [0.717, 1.165) is 0 Å². The maximum Gasteiger partial charge on any atom is 0.245 e. The van der Waals surface area contributed by atoms with Crippen molar-refractivity contribution in [2.75, 3.05) is 6.54 Å². The smallest absolute Gasteiger partial charge is 0.245 e. The van der Waals surface area contributed by atoms with Crippen LogP contribution in [0.2, 0.25) is 0 Å². The number of halogens is 1. The van der Waals surface area contributed by atoms with Crippen molar-refractivity contribution in [1.29, 1.82) is 0 Å². The second-order valence-electron chi connectivity index (χ2n) is 5.16. The normalized spacial score (nSPS) is 20.5. The van der Waals surface area contributed by atoms with Gasteiger partial charge in [0, 0.05) is 12.6 Å². The third-order valence-corrected chi connectivity index (χ3v) is 2.75. The van der Waals surface area contributed by atoms with E-state index in [1.807, 2.05) is 13.8 Å². The first-order chi connectivity index (χ1) is 7.23. The van der Waals surface area contributed by atoms with Crippen LogP contribution in [0.3, 0.4) is 0 Å². The highest BCUT2D eigenvalue weighted by Crippen LogP contribution is 2.14. The molecule has 1 heterocycles. The minimum atomic E-state index is -0.939. The Bertz CT molecular complexity index is 300. The summed E-state index contributed by atoms with van der Waals surface area (Å²) >= 11 is 0. The standard InChI is InChI=1S/C11H21N3O2.ClH/c1-7(2)14-6-5-8(9(14)15)13-10(16)11(3,4)12;/h7-8H,5-6,12H2,1-4H3,(H,13,16);1H. The van der Waals surface area contributed by atoms with Gasteiger partial charge in [0.05, 0.1) is 5.54 Å². The van der Waals surface area contributed by atoms with Gasteiger partial charge in [-0.1, -0.05) is 0 Å². The molecular formula is C11H22ClN3O2. The van der Waals surface area contributed by atoms with E-state index in [9.17, 15) is 9.59 Å². The zero-order chi connectivity index (χ0) is 12.5. The summed E-state index contributed by atoms with van der Waals surface area (Å²) in [6.07, 6.45) is 0.666. The van der Waals surface area contributed by atoms with Gasteiger partial charge in [-0.05, 0) is 34.1 Å². The Hall–Kier alpha value is -0.810. The van der Waals surface area contributed by atoms with Gasteiger partial charge >= 0.3 is 0 Å². The summed E-state index contributed by atoms with van der Waals surface area (Å²) in [5.74, 6) is -0.288. The lowest BCUT2D eigenvalue weighted by Crippen LogP contribution is -2.54. The van der Waals surface area contributed by atoms with Crippen LogP contribution < -0.4 is 11.1 Å². The van der Waals surface area contributed by atoms with Crippen molar-refractivity contribution in [2.24, 2.45) is 5.73 Å². The van der Waals surface area contributed by atoms with E-state index >= 15 is 0 Å². The van der Waals surface area contributed by atoms with Crippen molar-refractivity contribution in [1.82, 2.24) is 10.2 Å². The Labute approximate surface area is 109 Å². The van der Waals surface area contributed by atoms with Crippen molar-refractivity contribution in [3.63, 3.8) is 0 Å². The van der Waals surface area contributed by atoms with Crippen molar-refractivity contribution < 1.29 is 9.59 Å². The van der Waals surface area contributed by atoms with Crippen LogP contribution in [0, 0.1) is 0 Å². The second-order valence-corrected chi connectivity index (χ2v) is 5.16. The highest BCUT2D eigenvalue weighted by molar-refractivity contribution is 5.92. The maximum absolute atomic E-state index is 11.9. The summed E-state index contributed by atoms with van der Waals surface area (Å²) in [5, 5.41) is 2.70. The SMILES string of the molecule is CC(C)N1CCC(NC(=O)C(C)(C)N)C1=O.Cl. The lowest BCUT2D eigenvalue weighted by molar-refractivity contribution is -0.134. The minimum Gasteiger partial charge on any atom is -0.343 e. The van der Waals surface area contributed by atoms with Crippen LogP contribution in [0.5, 0.6) is 0 Å². The first-order valence-electron chi connectivity index (χ1n) is 5.64. The Morgan fingerprint density at radius 1 is 1.53 bits per heavy atom. The highest BCUT2D eigenvalue weighted by Gasteiger charge is 2.35. The van der Waals surface area contributed by atoms with Gasteiger partial charge in [0.1, 0.15) is 6.04 Å². The first-order valence-corrected chi connectivity index (χ1v) is 5.64. The van der Waals surface area contributed by atoms with E-state index in [-0.39, 0.29) is 30.3 Å². The van der Waals surface area contributed by atoms with Gasteiger partial charge in [-0.3, -0.25) is 9.59 Å². The molecule has 0 bridgehead atoms. The molecule has 0 aromatic carbocycles. The lowest BCUT2D eigenvalue weighted by atomic mass is 10.1. The molecule has 0 aromatic heterocycles. The Balaban J connectivity index is 0.00000256. The molecule has 1 fully saturated rings. The van der Waals surface area contributed by atoms with Crippen LogP contribution in [0.4, 0.5) is 0 Å².